The Balaban J connectivity index is 1.80. The predicted octanol–water partition coefficient (Wildman–Crippen LogP) is 0.971. The maximum atomic E-state index is 12.1. The molecule has 0 aromatic rings. The standard InChI is InChI=1S/C12H22N2O2/c1-3-12(2)11(15)14(9-13-12)6-4-10-5-7-16-8-10/h10,13H,3-9H2,1-2H3. The van der Waals surface area contributed by atoms with Crippen molar-refractivity contribution in [1.82, 2.24) is 10.2 Å². The molecular weight excluding hydrogens is 204 g/mol. The fourth-order valence-corrected chi connectivity index (χ4v) is 2.37. The zero-order valence-electron chi connectivity index (χ0n) is 10.3. The van der Waals surface area contributed by atoms with Gasteiger partial charge in [-0.15, -0.1) is 0 Å². The summed E-state index contributed by atoms with van der Waals surface area (Å²) >= 11 is 0. The van der Waals surface area contributed by atoms with E-state index in [0.717, 1.165) is 39.0 Å². The molecule has 0 saturated carbocycles. The molecule has 2 fully saturated rings. The SMILES string of the molecule is CCC1(C)NCN(CCC2CCOC2)C1=O. The van der Waals surface area contributed by atoms with Gasteiger partial charge in [0.1, 0.15) is 0 Å². The Labute approximate surface area is 97.3 Å². The van der Waals surface area contributed by atoms with E-state index in [-0.39, 0.29) is 11.4 Å². The summed E-state index contributed by atoms with van der Waals surface area (Å²) in [4.78, 5) is 14.0. The molecule has 0 aromatic carbocycles. The van der Waals surface area contributed by atoms with Crippen LogP contribution in [-0.4, -0.2) is 42.8 Å². The van der Waals surface area contributed by atoms with Gasteiger partial charge in [0.2, 0.25) is 5.91 Å². The van der Waals surface area contributed by atoms with Gasteiger partial charge in [-0.2, -0.15) is 0 Å². The number of rotatable bonds is 4. The summed E-state index contributed by atoms with van der Waals surface area (Å²) in [7, 11) is 0. The molecule has 4 nitrogen and oxygen atoms in total. The number of nitrogens with one attached hydrogen (secondary N) is 1. The van der Waals surface area contributed by atoms with Gasteiger partial charge in [0.15, 0.2) is 0 Å². The van der Waals surface area contributed by atoms with Gasteiger partial charge in [0.25, 0.3) is 0 Å². The number of amides is 1. The molecule has 2 aliphatic heterocycles. The van der Waals surface area contributed by atoms with Crippen LogP contribution in [0.4, 0.5) is 0 Å². The minimum absolute atomic E-state index is 0.258. The van der Waals surface area contributed by atoms with Crippen molar-refractivity contribution in [2.75, 3.05) is 26.4 Å². The summed E-state index contributed by atoms with van der Waals surface area (Å²) in [6.45, 7) is 7.39. The molecule has 2 aliphatic rings. The van der Waals surface area contributed by atoms with E-state index in [1.165, 1.54) is 0 Å². The first-order chi connectivity index (χ1) is 7.65. The molecule has 2 unspecified atom stereocenters. The molecule has 0 aliphatic carbocycles. The van der Waals surface area contributed by atoms with Crippen molar-refractivity contribution in [3.05, 3.63) is 0 Å². The average molecular weight is 226 g/mol. The first kappa shape index (κ1) is 11.9. The normalized spacial score (nSPS) is 35.0. The Kier molecular flexibility index (Phi) is 3.50. The molecule has 0 bridgehead atoms. The Morgan fingerprint density at radius 2 is 2.44 bits per heavy atom. The number of hydrogen-bond donors (Lipinski definition) is 1. The second-order valence-electron chi connectivity index (χ2n) is 5.11. The van der Waals surface area contributed by atoms with Gasteiger partial charge >= 0.3 is 0 Å². The zero-order valence-corrected chi connectivity index (χ0v) is 10.3. The van der Waals surface area contributed by atoms with Crippen LogP contribution in [0.1, 0.15) is 33.1 Å². The summed E-state index contributed by atoms with van der Waals surface area (Å²) < 4.78 is 5.34. The molecule has 2 rings (SSSR count). The minimum Gasteiger partial charge on any atom is -0.381 e. The van der Waals surface area contributed by atoms with Crippen LogP contribution in [0.3, 0.4) is 0 Å². The van der Waals surface area contributed by atoms with Crippen LogP contribution in [0.2, 0.25) is 0 Å². The third-order valence-corrected chi connectivity index (χ3v) is 3.96. The second kappa shape index (κ2) is 4.72. The first-order valence-corrected chi connectivity index (χ1v) is 6.28. The van der Waals surface area contributed by atoms with E-state index in [2.05, 4.69) is 12.2 Å². The third kappa shape index (κ3) is 2.23. The summed E-state index contributed by atoms with van der Waals surface area (Å²) in [6, 6.07) is 0. The molecule has 0 aromatic heterocycles. The van der Waals surface area contributed by atoms with Crippen LogP contribution < -0.4 is 5.32 Å². The molecule has 1 amide bonds. The smallest absolute Gasteiger partial charge is 0.243 e. The van der Waals surface area contributed by atoms with Crippen molar-refractivity contribution in [2.24, 2.45) is 5.92 Å². The van der Waals surface area contributed by atoms with E-state index in [1.54, 1.807) is 0 Å². The Bertz CT molecular complexity index is 264. The van der Waals surface area contributed by atoms with Crippen LogP contribution in [0, 0.1) is 5.92 Å². The first-order valence-electron chi connectivity index (χ1n) is 6.28. The molecule has 2 atom stereocenters. The lowest BCUT2D eigenvalue weighted by atomic mass is 9.99. The van der Waals surface area contributed by atoms with Crippen molar-refractivity contribution in [2.45, 2.75) is 38.6 Å². The molecule has 16 heavy (non-hydrogen) atoms. The summed E-state index contributed by atoms with van der Waals surface area (Å²) in [5.41, 5.74) is -0.327. The maximum absolute atomic E-state index is 12.1. The minimum atomic E-state index is -0.327. The molecule has 0 spiro atoms. The van der Waals surface area contributed by atoms with Gasteiger partial charge < -0.3 is 9.64 Å². The quantitative estimate of drug-likeness (QED) is 0.776. The number of carbonyl (C=O) groups is 1. The van der Waals surface area contributed by atoms with Gasteiger partial charge in [0, 0.05) is 19.8 Å². The van der Waals surface area contributed by atoms with Gasteiger partial charge in [-0.05, 0) is 32.1 Å². The number of ether oxygens (including phenoxy) is 1. The highest BCUT2D eigenvalue weighted by Gasteiger charge is 2.40. The van der Waals surface area contributed by atoms with Crippen molar-refractivity contribution >= 4 is 5.91 Å². The Morgan fingerprint density at radius 3 is 3.00 bits per heavy atom. The van der Waals surface area contributed by atoms with Gasteiger partial charge in [0.05, 0.1) is 12.2 Å². The van der Waals surface area contributed by atoms with E-state index in [1.807, 2.05) is 11.8 Å². The summed E-state index contributed by atoms with van der Waals surface area (Å²) in [6.07, 6.45) is 3.09. The average Bonchev–Trinajstić information content (AvgIpc) is 2.88. The molecule has 2 saturated heterocycles. The van der Waals surface area contributed by atoms with Gasteiger partial charge in [-0.1, -0.05) is 6.92 Å². The monoisotopic (exact) mass is 226 g/mol. The molecule has 2 heterocycles. The van der Waals surface area contributed by atoms with E-state index < -0.39 is 0 Å². The fourth-order valence-electron chi connectivity index (χ4n) is 2.37. The predicted molar refractivity (Wildman–Crippen MR) is 62.0 cm³/mol. The zero-order chi connectivity index (χ0) is 11.6. The number of carbonyl (C=O) groups excluding carboxylic acids is 1. The van der Waals surface area contributed by atoms with Gasteiger partial charge in [-0.3, -0.25) is 10.1 Å². The van der Waals surface area contributed by atoms with Crippen LogP contribution in [0.15, 0.2) is 0 Å². The van der Waals surface area contributed by atoms with Crippen molar-refractivity contribution in [3.63, 3.8) is 0 Å². The molecule has 4 heteroatoms. The van der Waals surface area contributed by atoms with Crippen molar-refractivity contribution < 1.29 is 9.53 Å². The lowest BCUT2D eigenvalue weighted by Gasteiger charge is -2.21. The molecule has 1 N–H and O–H groups in total. The van der Waals surface area contributed by atoms with E-state index in [0.29, 0.717) is 12.6 Å². The van der Waals surface area contributed by atoms with Gasteiger partial charge in [-0.25, -0.2) is 0 Å². The van der Waals surface area contributed by atoms with E-state index in [9.17, 15) is 4.79 Å². The van der Waals surface area contributed by atoms with Crippen molar-refractivity contribution in [3.8, 4) is 0 Å². The van der Waals surface area contributed by atoms with Crippen LogP contribution >= 0.6 is 0 Å². The highest BCUT2D eigenvalue weighted by atomic mass is 16.5. The molecular formula is C12H22N2O2. The number of hydrogen-bond acceptors (Lipinski definition) is 3. The Hall–Kier alpha value is -0.610. The van der Waals surface area contributed by atoms with Crippen LogP contribution in [0.5, 0.6) is 0 Å². The maximum Gasteiger partial charge on any atom is 0.243 e. The highest BCUT2D eigenvalue weighted by Crippen LogP contribution is 2.22. The van der Waals surface area contributed by atoms with E-state index in [4.69, 9.17) is 4.74 Å². The van der Waals surface area contributed by atoms with Crippen LogP contribution in [-0.2, 0) is 9.53 Å². The van der Waals surface area contributed by atoms with Crippen LogP contribution in [0.25, 0.3) is 0 Å². The third-order valence-electron chi connectivity index (χ3n) is 3.96. The fraction of sp³-hybridized carbons (Fsp3) is 0.917. The lowest BCUT2D eigenvalue weighted by molar-refractivity contribution is -0.132. The topological polar surface area (TPSA) is 41.6 Å². The van der Waals surface area contributed by atoms with Crippen molar-refractivity contribution in [1.29, 1.82) is 0 Å². The largest absolute Gasteiger partial charge is 0.381 e. The molecule has 92 valence electrons. The Morgan fingerprint density at radius 1 is 1.62 bits per heavy atom. The summed E-state index contributed by atoms with van der Waals surface area (Å²) in [5.74, 6) is 0.912. The lowest BCUT2D eigenvalue weighted by Crippen LogP contribution is -2.43. The summed E-state index contributed by atoms with van der Waals surface area (Å²) in [5, 5.41) is 3.30. The highest BCUT2D eigenvalue weighted by molar-refractivity contribution is 5.87. The second-order valence-corrected chi connectivity index (χ2v) is 5.11. The number of nitrogens with zero attached hydrogens (tertiary/aromatic N) is 1. The van der Waals surface area contributed by atoms with E-state index >= 15 is 0 Å². The molecule has 0 radical (unpaired) electrons.